The number of benzene rings is 3. The fourth-order valence-electron chi connectivity index (χ4n) is 4.06. The minimum absolute atomic E-state index is 0.350. The predicted molar refractivity (Wildman–Crippen MR) is 139 cm³/mol. The molecule has 0 atom stereocenters. The van der Waals surface area contributed by atoms with E-state index in [1.165, 1.54) is 0 Å². The van der Waals surface area contributed by atoms with Crippen molar-refractivity contribution in [3.05, 3.63) is 96.3 Å². The first-order valence-electron chi connectivity index (χ1n) is 11.6. The topological polar surface area (TPSA) is 67.6 Å². The number of nitrogens with zero attached hydrogens (tertiary/aromatic N) is 3. The van der Waals surface area contributed by atoms with Gasteiger partial charge in [0.15, 0.2) is 0 Å². The predicted octanol–water partition coefficient (Wildman–Crippen LogP) is 5.75. The van der Waals surface area contributed by atoms with Crippen LogP contribution in [0.2, 0.25) is 0 Å². The van der Waals surface area contributed by atoms with E-state index < -0.39 is 0 Å². The molecule has 2 aromatic heterocycles. The van der Waals surface area contributed by atoms with Crippen LogP contribution in [-0.2, 0) is 13.2 Å². The van der Waals surface area contributed by atoms with Gasteiger partial charge < -0.3 is 18.9 Å². The molecule has 0 saturated heterocycles. The molecule has 0 fully saturated rings. The molecule has 0 aliphatic rings. The molecule has 0 radical (unpaired) electrons. The van der Waals surface area contributed by atoms with Gasteiger partial charge in [0, 0.05) is 35.0 Å². The normalized spacial score (nSPS) is 10.9. The lowest BCUT2D eigenvalue weighted by molar-refractivity contribution is 0.307. The van der Waals surface area contributed by atoms with Gasteiger partial charge in [0.2, 0.25) is 0 Å². The Morgan fingerprint density at radius 2 is 1.47 bits per heavy atom. The third-order valence-corrected chi connectivity index (χ3v) is 5.93. The van der Waals surface area contributed by atoms with Crippen LogP contribution in [0.3, 0.4) is 0 Å². The Labute approximate surface area is 209 Å². The fourth-order valence-corrected chi connectivity index (χ4v) is 4.06. The van der Waals surface area contributed by atoms with Crippen molar-refractivity contribution in [2.75, 3.05) is 21.3 Å². The van der Waals surface area contributed by atoms with Crippen molar-refractivity contribution in [2.45, 2.75) is 13.2 Å². The summed E-state index contributed by atoms with van der Waals surface area (Å²) in [6, 6.07) is 23.6. The van der Waals surface area contributed by atoms with Gasteiger partial charge in [-0.3, -0.25) is 9.67 Å². The maximum atomic E-state index is 6.21. The van der Waals surface area contributed by atoms with Crippen molar-refractivity contribution < 1.29 is 18.9 Å². The molecule has 0 spiro atoms. The van der Waals surface area contributed by atoms with E-state index in [0.29, 0.717) is 24.7 Å². The summed E-state index contributed by atoms with van der Waals surface area (Å²) in [6.07, 6.45) is 3.81. The highest BCUT2D eigenvalue weighted by Gasteiger charge is 2.15. The standard InChI is InChI=1S/C29H27N3O4/c1-33-24-8-6-20(7-9-24)17-32-18-23(19-36-25-10-11-28-21(13-25)5-4-12-30-28)29(31-32)22-14-26(34-2)16-27(15-22)35-3/h4-16,18H,17,19H2,1-3H3. The number of aromatic nitrogens is 3. The zero-order valence-electron chi connectivity index (χ0n) is 20.5. The van der Waals surface area contributed by atoms with E-state index in [9.17, 15) is 0 Å². The second kappa shape index (κ2) is 10.4. The number of ether oxygens (including phenoxy) is 4. The second-order valence-corrected chi connectivity index (χ2v) is 8.30. The average Bonchev–Trinajstić information content (AvgIpc) is 3.34. The first-order chi connectivity index (χ1) is 17.6. The van der Waals surface area contributed by atoms with Gasteiger partial charge in [-0.25, -0.2) is 0 Å². The fraction of sp³-hybridized carbons (Fsp3) is 0.172. The van der Waals surface area contributed by atoms with Crippen LogP contribution >= 0.6 is 0 Å². The van der Waals surface area contributed by atoms with Gasteiger partial charge in [0.1, 0.15) is 29.6 Å². The summed E-state index contributed by atoms with van der Waals surface area (Å²) >= 11 is 0. The van der Waals surface area contributed by atoms with E-state index in [2.05, 4.69) is 4.98 Å². The highest BCUT2D eigenvalue weighted by molar-refractivity contribution is 5.79. The van der Waals surface area contributed by atoms with Crippen molar-refractivity contribution in [1.29, 1.82) is 0 Å². The Balaban J connectivity index is 1.47. The van der Waals surface area contributed by atoms with Gasteiger partial charge in [0.05, 0.1) is 39.1 Å². The first-order valence-corrected chi connectivity index (χ1v) is 11.6. The molecular formula is C29H27N3O4. The molecule has 2 heterocycles. The summed E-state index contributed by atoms with van der Waals surface area (Å²) in [5, 5.41) is 5.95. The van der Waals surface area contributed by atoms with E-state index in [-0.39, 0.29) is 0 Å². The summed E-state index contributed by atoms with van der Waals surface area (Å²) < 4.78 is 24.4. The molecule has 0 aliphatic carbocycles. The molecule has 182 valence electrons. The van der Waals surface area contributed by atoms with E-state index in [1.807, 2.05) is 83.7 Å². The van der Waals surface area contributed by atoms with Crippen molar-refractivity contribution in [1.82, 2.24) is 14.8 Å². The zero-order valence-corrected chi connectivity index (χ0v) is 20.5. The maximum Gasteiger partial charge on any atom is 0.123 e. The smallest absolute Gasteiger partial charge is 0.123 e. The molecule has 0 amide bonds. The van der Waals surface area contributed by atoms with Gasteiger partial charge in [-0.15, -0.1) is 0 Å². The highest BCUT2D eigenvalue weighted by atomic mass is 16.5. The Morgan fingerprint density at radius 3 is 2.19 bits per heavy atom. The number of hydrogen-bond donors (Lipinski definition) is 0. The van der Waals surface area contributed by atoms with Crippen LogP contribution in [0, 0.1) is 0 Å². The van der Waals surface area contributed by atoms with E-state index in [0.717, 1.165) is 44.8 Å². The number of methoxy groups -OCH3 is 3. The van der Waals surface area contributed by atoms with Gasteiger partial charge in [-0.1, -0.05) is 18.2 Å². The van der Waals surface area contributed by atoms with Gasteiger partial charge in [-0.2, -0.15) is 5.10 Å². The second-order valence-electron chi connectivity index (χ2n) is 8.30. The van der Waals surface area contributed by atoms with Crippen LogP contribution in [-0.4, -0.2) is 36.1 Å². The summed E-state index contributed by atoms with van der Waals surface area (Å²) in [6.45, 7) is 0.961. The summed E-state index contributed by atoms with van der Waals surface area (Å²) in [7, 11) is 4.94. The molecule has 0 aliphatic heterocycles. The largest absolute Gasteiger partial charge is 0.497 e. The maximum absolute atomic E-state index is 6.21. The number of pyridine rings is 1. The third kappa shape index (κ3) is 5.10. The van der Waals surface area contributed by atoms with Crippen LogP contribution in [0.25, 0.3) is 22.2 Å². The monoisotopic (exact) mass is 481 g/mol. The molecule has 5 rings (SSSR count). The molecule has 7 nitrogen and oxygen atoms in total. The van der Waals surface area contributed by atoms with Gasteiger partial charge >= 0.3 is 0 Å². The Bertz CT molecular complexity index is 1460. The van der Waals surface area contributed by atoms with Crippen LogP contribution in [0.4, 0.5) is 0 Å². The average molecular weight is 482 g/mol. The molecule has 0 unspecified atom stereocenters. The minimum Gasteiger partial charge on any atom is -0.497 e. The molecular weight excluding hydrogens is 454 g/mol. The molecule has 7 heteroatoms. The third-order valence-electron chi connectivity index (χ3n) is 5.93. The number of fused-ring (bicyclic) bond motifs is 1. The zero-order chi connectivity index (χ0) is 24.9. The SMILES string of the molecule is COc1ccc(Cn2cc(COc3ccc4ncccc4c3)c(-c3cc(OC)cc(OC)c3)n2)cc1. The molecule has 5 aromatic rings. The highest BCUT2D eigenvalue weighted by Crippen LogP contribution is 2.32. The van der Waals surface area contributed by atoms with Crippen molar-refractivity contribution in [2.24, 2.45) is 0 Å². The van der Waals surface area contributed by atoms with Crippen LogP contribution in [0.15, 0.2) is 85.2 Å². The van der Waals surface area contributed by atoms with Crippen molar-refractivity contribution in [3.63, 3.8) is 0 Å². The lowest BCUT2D eigenvalue weighted by Gasteiger charge is -2.10. The van der Waals surface area contributed by atoms with Crippen molar-refractivity contribution >= 4 is 10.9 Å². The molecule has 3 aromatic carbocycles. The van der Waals surface area contributed by atoms with E-state index in [4.69, 9.17) is 24.0 Å². The Morgan fingerprint density at radius 1 is 0.750 bits per heavy atom. The van der Waals surface area contributed by atoms with Crippen molar-refractivity contribution in [3.8, 4) is 34.3 Å². The van der Waals surface area contributed by atoms with E-state index in [1.54, 1.807) is 27.5 Å². The van der Waals surface area contributed by atoms with Crippen LogP contribution in [0.1, 0.15) is 11.1 Å². The van der Waals surface area contributed by atoms with Gasteiger partial charge in [-0.05, 0) is 54.1 Å². The lowest BCUT2D eigenvalue weighted by Crippen LogP contribution is -2.00. The van der Waals surface area contributed by atoms with E-state index >= 15 is 0 Å². The molecule has 0 saturated carbocycles. The quantitative estimate of drug-likeness (QED) is 0.267. The lowest BCUT2D eigenvalue weighted by atomic mass is 10.1. The van der Waals surface area contributed by atoms with Crippen LogP contribution < -0.4 is 18.9 Å². The summed E-state index contributed by atoms with van der Waals surface area (Å²) in [5.41, 5.74) is 4.69. The summed E-state index contributed by atoms with van der Waals surface area (Å²) in [5.74, 6) is 2.99. The van der Waals surface area contributed by atoms with Crippen LogP contribution in [0.5, 0.6) is 23.0 Å². The first kappa shape index (κ1) is 23.2. The Hall–Kier alpha value is -4.52. The number of hydrogen-bond acceptors (Lipinski definition) is 6. The minimum atomic E-state index is 0.350. The molecule has 36 heavy (non-hydrogen) atoms. The molecule has 0 bridgehead atoms. The molecule has 0 N–H and O–H groups in total. The number of rotatable bonds is 9. The summed E-state index contributed by atoms with van der Waals surface area (Å²) in [4.78, 5) is 4.38. The Kier molecular flexibility index (Phi) is 6.71. The van der Waals surface area contributed by atoms with Gasteiger partial charge in [0.25, 0.3) is 0 Å².